The minimum atomic E-state index is -0.0413. The van der Waals surface area contributed by atoms with E-state index in [1.807, 2.05) is 23.9 Å². The normalized spacial score (nSPS) is 18.4. The van der Waals surface area contributed by atoms with E-state index in [9.17, 15) is 4.79 Å². The van der Waals surface area contributed by atoms with Gasteiger partial charge in [0.25, 0.3) is 0 Å². The van der Waals surface area contributed by atoms with Crippen LogP contribution in [-0.2, 0) is 11.2 Å². The Morgan fingerprint density at radius 2 is 2.11 bits per heavy atom. The fourth-order valence-corrected chi connectivity index (χ4v) is 3.94. The molecule has 0 aromatic carbocycles. The third-order valence-corrected chi connectivity index (χ3v) is 5.56. The van der Waals surface area contributed by atoms with Crippen molar-refractivity contribution in [1.29, 1.82) is 0 Å². The van der Waals surface area contributed by atoms with Crippen molar-refractivity contribution in [2.24, 2.45) is 10.7 Å². The van der Waals surface area contributed by atoms with Gasteiger partial charge in [0.2, 0.25) is 5.91 Å². The largest absolute Gasteiger partial charge is 0.370 e. The van der Waals surface area contributed by atoms with E-state index < -0.39 is 0 Å². The number of carbonyl (C=O) groups is 1. The van der Waals surface area contributed by atoms with Gasteiger partial charge in [0, 0.05) is 40.0 Å². The van der Waals surface area contributed by atoms with Gasteiger partial charge in [-0.05, 0) is 19.3 Å². The molecule has 28 heavy (non-hydrogen) atoms. The molecule has 0 aliphatic carbocycles. The minimum absolute atomic E-state index is 0.0413. The Morgan fingerprint density at radius 3 is 2.79 bits per heavy atom. The van der Waals surface area contributed by atoms with Gasteiger partial charge in [-0.15, -0.1) is 0 Å². The Balaban J connectivity index is 1.28. The number of carbonyl (C=O) groups excluding carboxylic acids is 1. The third kappa shape index (κ3) is 3.58. The van der Waals surface area contributed by atoms with Crippen LogP contribution in [0.2, 0.25) is 0 Å². The molecular weight excluding hydrogens is 358 g/mol. The van der Waals surface area contributed by atoms with E-state index in [4.69, 9.17) is 5.73 Å². The van der Waals surface area contributed by atoms with Gasteiger partial charge in [-0.2, -0.15) is 0 Å². The SMILES string of the molecule is CN(C)c1ncnc2nc(CCCC(=O)N3CCC4(CC3)CN=C(N)N4)[nH]c12. The number of fused-ring (bicyclic) bond motifs is 1. The predicted molar refractivity (Wildman–Crippen MR) is 107 cm³/mol. The number of H-pyrrole nitrogens is 1. The van der Waals surface area contributed by atoms with Gasteiger partial charge in [-0.3, -0.25) is 9.79 Å². The molecule has 10 heteroatoms. The fraction of sp³-hybridized carbons (Fsp3) is 0.611. The predicted octanol–water partition coefficient (Wildman–Crippen LogP) is 0.0207. The monoisotopic (exact) mass is 385 g/mol. The molecule has 2 aromatic heterocycles. The van der Waals surface area contributed by atoms with Crippen LogP contribution in [0.3, 0.4) is 0 Å². The Kier molecular flexibility index (Phi) is 4.78. The molecule has 0 radical (unpaired) electrons. The number of hydrogen-bond acceptors (Lipinski definition) is 8. The van der Waals surface area contributed by atoms with Crippen LogP contribution in [-0.4, -0.2) is 76.0 Å². The summed E-state index contributed by atoms with van der Waals surface area (Å²) in [6.07, 6.45) is 5.27. The zero-order valence-corrected chi connectivity index (χ0v) is 16.4. The minimum Gasteiger partial charge on any atom is -0.370 e. The van der Waals surface area contributed by atoms with E-state index in [1.54, 1.807) is 0 Å². The van der Waals surface area contributed by atoms with Gasteiger partial charge in [-0.1, -0.05) is 0 Å². The maximum Gasteiger partial charge on any atom is 0.222 e. The van der Waals surface area contributed by atoms with E-state index >= 15 is 0 Å². The Morgan fingerprint density at radius 1 is 1.32 bits per heavy atom. The number of imidazole rings is 1. The van der Waals surface area contributed by atoms with Gasteiger partial charge in [-0.25, -0.2) is 15.0 Å². The van der Waals surface area contributed by atoms with Crippen LogP contribution in [0.4, 0.5) is 5.82 Å². The smallest absolute Gasteiger partial charge is 0.222 e. The number of nitrogens with one attached hydrogen (secondary N) is 2. The second-order valence-corrected chi connectivity index (χ2v) is 7.81. The summed E-state index contributed by atoms with van der Waals surface area (Å²) in [6, 6.07) is 0. The van der Waals surface area contributed by atoms with Gasteiger partial charge >= 0.3 is 0 Å². The van der Waals surface area contributed by atoms with Gasteiger partial charge in [0.15, 0.2) is 17.4 Å². The first-order valence-corrected chi connectivity index (χ1v) is 9.69. The summed E-state index contributed by atoms with van der Waals surface area (Å²) in [7, 11) is 3.87. The zero-order valence-electron chi connectivity index (χ0n) is 16.4. The quantitative estimate of drug-likeness (QED) is 0.662. The van der Waals surface area contributed by atoms with E-state index in [0.29, 0.717) is 31.0 Å². The standard InChI is InChI=1S/C18H27N9O/c1-26(2)16-14-15(21-11-22-16)24-12(23-14)4-3-5-13(28)27-8-6-18(7-9-27)10-20-17(19)25-18/h11H,3-10H2,1-2H3,(H3,19,20,25)(H,21,22,23,24). The number of amides is 1. The Labute approximate surface area is 163 Å². The van der Waals surface area contributed by atoms with Crippen molar-refractivity contribution in [3.8, 4) is 0 Å². The lowest BCUT2D eigenvalue weighted by Gasteiger charge is -2.39. The highest BCUT2D eigenvalue weighted by molar-refractivity contribution is 5.83. The lowest BCUT2D eigenvalue weighted by molar-refractivity contribution is -0.132. The van der Waals surface area contributed by atoms with Crippen molar-refractivity contribution in [2.75, 3.05) is 38.6 Å². The average Bonchev–Trinajstić information content (AvgIpc) is 3.25. The number of aromatic nitrogens is 4. The van der Waals surface area contributed by atoms with Gasteiger partial charge < -0.3 is 25.8 Å². The van der Waals surface area contributed by atoms with Gasteiger partial charge in [0.05, 0.1) is 12.1 Å². The third-order valence-electron chi connectivity index (χ3n) is 5.56. The molecule has 2 aliphatic heterocycles. The summed E-state index contributed by atoms with van der Waals surface area (Å²) in [5.74, 6) is 2.37. The first-order chi connectivity index (χ1) is 13.5. The lowest BCUT2D eigenvalue weighted by atomic mass is 9.88. The first-order valence-electron chi connectivity index (χ1n) is 9.69. The fourth-order valence-electron chi connectivity index (χ4n) is 3.94. The van der Waals surface area contributed by atoms with Crippen molar-refractivity contribution in [2.45, 2.75) is 37.6 Å². The molecule has 1 fully saturated rings. The number of guanidine groups is 1. The average molecular weight is 385 g/mol. The van der Waals surface area contributed by atoms with E-state index in [-0.39, 0.29) is 11.4 Å². The summed E-state index contributed by atoms with van der Waals surface area (Å²) >= 11 is 0. The van der Waals surface area contributed by atoms with Crippen LogP contribution in [0, 0.1) is 0 Å². The highest BCUT2D eigenvalue weighted by Crippen LogP contribution is 2.26. The van der Waals surface area contributed by atoms with Crippen molar-refractivity contribution in [3.05, 3.63) is 12.2 Å². The van der Waals surface area contributed by atoms with E-state index in [2.05, 4.69) is 30.2 Å². The number of piperidine rings is 1. The number of nitrogens with zero attached hydrogens (tertiary/aromatic N) is 6. The second kappa shape index (κ2) is 7.25. The van der Waals surface area contributed by atoms with E-state index in [0.717, 1.165) is 49.5 Å². The molecule has 0 unspecified atom stereocenters. The topological polar surface area (TPSA) is 128 Å². The van der Waals surface area contributed by atoms with Crippen LogP contribution in [0.1, 0.15) is 31.5 Å². The molecule has 2 aromatic rings. The van der Waals surface area contributed by atoms with Crippen LogP contribution in [0.15, 0.2) is 11.3 Å². The van der Waals surface area contributed by atoms with Crippen LogP contribution >= 0.6 is 0 Å². The summed E-state index contributed by atoms with van der Waals surface area (Å²) < 4.78 is 0. The summed E-state index contributed by atoms with van der Waals surface area (Å²) in [5.41, 5.74) is 7.20. The zero-order chi connectivity index (χ0) is 19.7. The van der Waals surface area contributed by atoms with Crippen molar-refractivity contribution < 1.29 is 4.79 Å². The molecule has 4 N–H and O–H groups in total. The number of likely N-dealkylation sites (tertiary alicyclic amines) is 1. The van der Waals surface area contributed by atoms with Crippen molar-refractivity contribution in [3.63, 3.8) is 0 Å². The van der Waals surface area contributed by atoms with Crippen LogP contribution in [0.25, 0.3) is 11.2 Å². The number of aryl methyl sites for hydroxylation is 1. The summed E-state index contributed by atoms with van der Waals surface area (Å²) in [6.45, 7) is 2.22. The summed E-state index contributed by atoms with van der Waals surface area (Å²) in [5, 5.41) is 3.28. The van der Waals surface area contributed by atoms with Crippen LogP contribution < -0.4 is 16.0 Å². The van der Waals surface area contributed by atoms with Crippen molar-refractivity contribution in [1.82, 2.24) is 30.2 Å². The molecule has 4 heterocycles. The van der Waals surface area contributed by atoms with Gasteiger partial charge in [0.1, 0.15) is 17.7 Å². The molecule has 0 saturated carbocycles. The first kappa shape index (κ1) is 18.5. The molecule has 150 valence electrons. The number of aromatic amines is 1. The molecule has 1 amide bonds. The Hall–Kier alpha value is -2.91. The second-order valence-electron chi connectivity index (χ2n) is 7.81. The molecule has 1 spiro atoms. The number of nitrogens with two attached hydrogens (primary N) is 1. The molecule has 4 rings (SSSR count). The maximum absolute atomic E-state index is 12.6. The molecular formula is C18H27N9O. The molecule has 10 nitrogen and oxygen atoms in total. The number of anilines is 1. The highest BCUT2D eigenvalue weighted by atomic mass is 16.2. The Bertz CT molecular complexity index is 896. The summed E-state index contributed by atoms with van der Waals surface area (Å²) in [4.78, 5) is 37.0. The van der Waals surface area contributed by atoms with Crippen molar-refractivity contribution >= 4 is 28.8 Å². The van der Waals surface area contributed by atoms with E-state index in [1.165, 1.54) is 6.33 Å². The molecule has 0 bridgehead atoms. The molecule has 0 atom stereocenters. The highest BCUT2D eigenvalue weighted by Gasteiger charge is 2.38. The van der Waals surface area contributed by atoms with Crippen LogP contribution in [0.5, 0.6) is 0 Å². The molecule has 2 aliphatic rings. The maximum atomic E-state index is 12.6. The number of hydrogen-bond donors (Lipinski definition) is 3. The lowest BCUT2D eigenvalue weighted by Crippen LogP contribution is -2.55. The number of rotatable bonds is 5. The molecule has 1 saturated heterocycles. The number of aliphatic imine (C=N–C) groups is 1.